The third kappa shape index (κ3) is 4.68. The number of carbonyl (C=O) groups excluding carboxylic acids is 1. The van der Waals surface area contributed by atoms with Gasteiger partial charge in [0.2, 0.25) is 0 Å². The number of nitrogens with zero attached hydrogens (tertiary/aromatic N) is 2. The molecule has 2 heterocycles. The van der Waals surface area contributed by atoms with Gasteiger partial charge >= 0.3 is 6.03 Å². The van der Waals surface area contributed by atoms with Crippen LogP contribution in [0.2, 0.25) is 0 Å². The van der Waals surface area contributed by atoms with E-state index < -0.39 is 10.0 Å². The molecule has 2 amide bonds. The minimum absolute atomic E-state index is 0.0256. The zero-order valence-corrected chi connectivity index (χ0v) is 15.8. The van der Waals surface area contributed by atoms with E-state index in [1.807, 2.05) is 13.0 Å². The molecule has 1 aromatic heterocycles. The Hall–Kier alpha value is -1.12. The van der Waals surface area contributed by atoms with Crippen LogP contribution in [0.5, 0.6) is 0 Å². The summed E-state index contributed by atoms with van der Waals surface area (Å²) in [5.41, 5.74) is 0.0256. The van der Waals surface area contributed by atoms with Crippen molar-refractivity contribution in [1.29, 1.82) is 0 Å². The van der Waals surface area contributed by atoms with Crippen LogP contribution in [-0.4, -0.2) is 56.4 Å². The molecule has 8 heteroatoms. The van der Waals surface area contributed by atoms with Gasteiger partial charge in [-0.05, 0) is 24.5 Å². The molecule has 1 saturated heterocycles. The topological polar surface area (TPSA) is 69.7 Å². The van der Waals surface area contributed by atoms with E-state index in [2.05, 4.69) is 26.1 Å². The highest BCUT2D eigenvalue weighted by molar-refractivity contribution is 7.91. The molecule has 2 rings (SSSR count). The summed E-state index contributed by atoms with van der Waals surface area (Å²) < 4.78 is 26.9. The second-order valence-electron chi connectivity index (χ2n) is 6.98. The second kappa shape index (κ2) is 6.78. The number of carbonyl (C=O) groups is 1. The molecule has 1 N–H and O–H groups in total. The number of urea groups is 1. The summed E-state index contributed by atoms with van der Waals surface area (Å²) in [6.07, 6.45) is 0. The van der Waals surface area contributed by atoms with Crippen molar-refractivity contribution in [2.24, 2.45) is 5.41 Å². The van der Waals surface area contributed by atoms with Crippen molar-refractivity contribution in [3.8, 4) is 0 Å². The Morgan fingerprint density at radius 2 is 1.83 bits per heavy atom. The predicted octanol–water partition coefficient (Wildman–Crippen LogP) is 2.12. The lowest BCUT2D eigenvalue weighted by Gasteiger charge is -2.34. The van der Waals surface area contributed by atoms with Crippen molar-refractivity contribution < 1.29 is 13.2 Å². The molecule has 130 valence electrons. The van der Waals surface area contributed by atoms with E-state index in [1.54, 1.807) is 11.0 Å². The Morgan fingerprint density at radius 1 is 1.22 bits per heavy atom. The summed E-state index contributed by atoms with van der Waals surface area (Å²) >= 11 is 1.28. The van der Waals surface area contributed by atoms with Gasteiger partial charge in [0, 0.05) is 37.6 Å². The fourth-order valence-electron chi connectivity index (χ4n) is 2.26. The molecule has 1 aromatic rings. The van der Waals surface area contributed by atoms with Crippen LogP contribution in [0.25, 0.3) is 0 Å². The Bertz CT molecular complexity index is 654. The number of hydrogen-bond acceptors (Lipinski definition) is 4. The number of amides is 2. The number of hydrogen-bond donors (Lipinski definition) is 1. The van der Waals surface area contributed by atoms with Crippen LogP contribution in [0.3, 0.4) is 0 Å². The summed E-state index contributed by atoms with van der Waals surface area (Å²) in [7, 11) is -3.43. The molecule has 1 aliphatic heterocycles. The second-order valence-corrected chi connectivity index (χ2v) is 10.4. The maximum atomic E-state index is 12.6. The molecule has 0 unspecified atom stereocenters. The molecule has 0 bridgehead atoms. The van der Waals surface area contributed by atoms with Crippen molar-refractivity contribution >= 4 is 27.4 Å². The van der Waals surface area contributed by atoms with Crippen LogP contribution in [0, 0.1) is 12.3 Å². The maximum Gasteiger partial charge on any atom is 0.317 e. The summed E-state index contributed by atoms with van der Waals surface area (Å²) in [4.78, 5) is 14.8. The summed E-state index contributed by atoms with van der Waals surface area (Å²) in [6.45, 7) is 10.2. The van der Waals surface area contributed by atoms with Crippen LogP contribution in [0.1, 0.15) is 25.6 Å². The Labute approximate surface area is 142 Å². The minimum atomic E-state index is -3.43. The molecule has 0 saturated carbocycles. The van der Waals surface area contributed by atoms with Gasteiger partial charge in [-0.2, -0.15) is 4.31 Å². The first-order valence-corrected chi connectivity index (χ1v) is 9.95. The van der Waals surface area contributed by atoms with Crippen molar-refractivity contribution in [2.75, 3.05) is 32.7 Å². The number of rotatable bonds is 3. The van der Waals surface area contributed by atoms with E-state index in [9.17, 15) is 13.2 Å². The third-order valence-electron chi connectivity index (χ3n) is 3.61. The van der Waals surface area contributed by atoms with Crippen LogP contribution in [0.4, 0.5) is 4.79 Å². The van der Waals surface area contributed by atoms with Crippen molar-refractivity contribution in [3.63, 3.8) is 0 Å². The van der Waals surface area contributed by atoms with Gasteiger partial charge in [-0.1, -0.05) is 20.8 Å². The number of thiophene rings is 1. The van der Waals surface area contributed by atoms with Gasteiger partial charge in [0.15, 0.2) is 0 Å². The molecule has 23 heavy (non-hydrogen) atoms. The highest BCUT2D eigenvalue weighted by atomic mass is 32.2. The molecular weight excluding hydrogens is 334 g/mol. The lowest BCUT2D eigenvalue weighted by molar-refractivity contribution is 0.169. The fraction of sp³-hybridized carbons (Fsp3) is 0.667. The monoisotopic (exact) mass is 359 g/mol. The van der Waals surface area contributed by atoms with Crippen LogP contribution >= 0.6 is 11.3 Å². The summed E-state index contributed by atoms with van der Waals surface area (Å²) in [5, 5.41) is 2.90. The molecule has 0 atom stereocenters. The molecule has 1 fully saturated rings. The number of nitrogens with one attached hydrogen (secondary N) is 1. The Balaban J connectivity index is 1.92. The highest BCUT2D eigenvalue weighted by Crippen LogP contribution is 2.25. The number of aryl methyl sites for hydroxylation is 1. The predicted molar refractivity (Wildman–Crippen MR) is 92.2 cm³/mol. The molecule has 0 aliphatic carbocycles. The first-order valence-electron chi connectivity index (χ1n) is 7.69. The van der Waals surface area contributed by atoms with E-state index in [0.29, 0.717) is 36.9 Å². The van der Waals surface area contributed by atoms with Crippen LogP contribution < -0.4 is 5.32 Å². The van der Waals surface area contributed by atoms with Crippen molar-refractivity contribution in [1.82, 2.24) is 14.5 Å². The normalized spacial score (nSPS) is 17.3. The van der Waals surface area contributed by atoms with Gasteiger partial charge < -0.3 is 10.2 Å². The van der Waals surface area contributed by atoms with E-state index in [4.69, 9.17) is 0 Å². The highest BCUT2D eigenvalue weighted by Gasteiger charge is 2.31. The molecule has 0 spiro atoms. The van der Waals surface area contributed by atoms with Gasteiger partial charge in [-0.25, -0.2) is 13.2 Å². The number of piperazine rings is 1. The molecule has 0 aromatic carbocycles. The van der Waals surface area contributed by atoms with Crippen LogP contribution in [-0.2, 0) is 10.0 Å². The maximum absolute atomic E-state index is 12.6. The Morgan fingerprint density at radius 3 is 2.30 bits per heavy atom. The van der Waals surface area contributed by atoms with Gasteiger partial charge in [-0.15, -0.1) is 11.3 Å². The van der Waals surface area contributed by atoms with Gasteiger partial charge in [-0.3, -0.25) is 0 Å². The quantitative estimate of drug-likeness (QED) is 0.899. The smallest absolute Gasteiger partial charge is 0.317 e. The van der Waals surface area contributed by atoms with Gasteiger partial charge in [0.1, 0.15) is 4.21 Å². The van der Waals surface area contributed by atoms with Crippen molar-refractivity contribution in [2.45, 2.75) is 31.9 Å². The fourth-order valence-corrected chi connectivity index (χ4v) is 5.12. The SMILES string of the molecule is Cc1ccc(S(=O)(=O)N2CCN(C(=O)NCC(C)(C)C)CC2)s1. The zero-order chi connectivity index (χ0) is 17.3. The molecule has 0 radical (unpaired) electrons. The van der Waals surface area contributed by atoms with E-state index >= 15 is 0 Å². The van der Waals surface area contributed by atoms with E-state index in [-0.39, 0.29) is 11.4 Å². The molecule has 1 aliphatic rings. The third-order valence-corrected chi connectivity index (χ3v) is 6.97. The first-order chi connectivity index (χ1) is 10.6. The van der Waals surface area contributed by atoms with Crippen LogP contribution in [0.15, 0.2) is 16.3 Å². The standard InChI is InChI=1S/C15H25N3O3S2/c1-12-5-6-13(22-12)23(20,21)18-9-7-17(8-10-18)14(19)16-11-15(2,3)4/h5-6H,7-11H2,1-4H3,(H,16,19). The molecule has 6 nitrogen and oxygen atoms in total. The number of sulfonamides is 1. The minimum Gasteiger partial charge on any atom is -0.337 e. The molecular formula is C15H25N3O3S2. The zero-order valence-electron chi connectivity index (χ0n) is 14.1. The van der Waals surface area contributed by atoms with Gasteiger partial charge in [0.05, 0.1) is 0 Å². The Kier molecular flexibility index (Phi) is 5.37. The lowest BCUT2D eigenvalue weighted by atomic mass is 9.97. The average Bonchev–Trinajstić information content (AvgIpc) is 2.91. The summed E-state index contributed by atoms with van der Waals surface area (Å²) in [5.74, 6) is 0. The lowest BCUT2D eigenvalue weighted by Crippen LogP contribution is -2.53. The average molecular weight is 360 g/mol. The van der Waals surface area contributed by atoms with Gasteiger partial charge in [0.25, 0.3) is 10.0 Å². The summed E-state index contributed by atoms with van der Waals surface area (Å²) in [6, 6.07) is 3.34. The first kappa shape index (κ1) is 18.2. The van der Waals surface area contributed by atoms with E-state index in [0.717, 1.165) is 4.88 Å². The van der Waals surface area contributed by atoms with E-state index in [1.165, 1.54) is 15.6 Å². The largest absolute Gasteiger partial charge is 0.337 e. The van der Waals surface area contributed by atoms with Crippen molar-refractivity contribution in [3.05, 3.63) is 17.0 Å².